The lowest BCUT2D eigenvalue weighted by Gasteiger charge is -2.62. The van der Waals surface area contributed by atoms with E-state index in [1.54, 1.807) is 27.7 Å². The second kappa shape index (κ2) is 7.75. The van der Waals surface area contributed by atoms with Crippen LogP contribution in [-0.2, 0) is 18.9 Å². The first kappa shape index (κ1) is 24.0. The maximum absolute atomic E-state index is 13.5. The molecule has 2 aromatic rings. The van der Waals surface area contributed by atoms with Gasteiger partial charge in [0.25, 0.3) is 0 Å². The molecule has 2 aromatic heterocycles. The second-order valence-corrected chi connectivity index (χ2v) is 8.96. The molecule has 3 N–H and O–H groups in total. The van der Waals surface area contributed by atoms with Gasteiger partial charge >= 0.3 is 12.4 Å². The molecule has 12 heteroatoms. The van der Waals surface area contributed by atoms with Crippen LogP contribution in [0.5, 0.6) is 0 Å². The maximum atomic E-state index is 13.5. The van der Waals surface area contributed by atoms with Crippen molar-refractivity contribution in [2.45, 2.75) is 58.7 Å². The van der Waals surface area contributed by atoms with E-state index in [1.165, 1.54) is 0 Å². The third kappa shape index (κ3) is 4.32. The van der Waals surface area contributed by atoms with Gasteiger partial charge in [0.05, 0.1) is 11.7 Å². The summed E-state index contributed by atoms with van der Waals surface area (Å²) < 4.78 is 80.0. The highest BCUT2D eigenvalue weighted by molar-refractivity contribution is 5.51. The van der Waals surface area contributed by atoms with Gasteiger partial charge in [-0.25, -0.2) is 4.98 Å². The molecule has 1 saturated carbocycles. The number of pyridine rings is 1. The number of halogens is 6. The third-order valence-electron chi connectivity index (χ3n) is 5.92. The van der Waals surface area contributed by atoms with Crippen LogP contribution in [0.2, 0.25) is 0 Å². The summed E-state index contributed by atoms with van der Waals surface area (Å²) in [6.07, 6.45) is -7.55. The summed E-state index contributed by atoms with van der Waals surface area (Å²) in [6.45, 7) is 6.47. The van der Waals surface area contributed by atoms with Gasteiger partial charge in [0.2, 0.25) is 5.95 Å². The number of alkyl halides is 6. The van der Waals surface area contributed by atoms with Gasteiger partial charge in [0.1, 0.15) is 11.4 Å². The molecule has 6 nitrogen and oxygen atoms in total. The van der Waals surface area contributed by atoms with E-state index in [0.29, 0.717) is 6.20 Å². The molecular formula is C20H23F6N5O. The molecule has 0 saturated heterocycles. The molecule has 3 rings (SSSR count). The molecule has 32 heavy (non-hydrogen) atoms. The largest absolute Gasteiger partial charge is 0.421 e. The van der Waals surface area contributed by atoms with E-state index in [2.05, 4.69) is 25.6 Å². The summed E-state index contributed by atoms with van der Waals surface area (Å²) >= 11 is 0. The Labute approximate surface area is 180 Å². The molecule has 1 aliphatic carbocycles. The van der Waals surface area contributed by atoms with E-state index in [1.807, 2.05) is 0 Å². The average molecular weight is 463 g/mol. The fourth-order valence-electron chi connectivity index (χ4n) is 4.45. The smallest absolute Gasteiger partial charge is 0.392 e. The molecule has 0 atom stereocenters. The zero-order valence-electron chi connectivity index (χ0n) is 17.7. The minimum atomic E-state index is -4.76. The quantitative estimate of drug-likeness (QED) is 0.557. The predicted molar refractivity (Wildman–Crippen MR) is 105 cm³/mol. The zero-order chi connectivity index (χ0) is 24.1. The number of aliphatic hydroxyl groups is 1. The molecule has 0 spiro atoms. The van der Waals surface area contributed by atoms with Crippen LogP contribution in [0.15, 0.2) is 24.7 Å². The molecule has 1 fully saturated rings. The molecule has 2 heterocycles. The second-order valence-electron chi connectivity index (χ2n) is 8.96. The van der Waals surface area contributed by atoms with Gasteiger partial charge in [0, 0.05) is 47.6 Å². The Bertz CT molecular complexity index is 973. The number of anilines is 2. The van der Waals surface area contributed by atoms with Crippen molar-refractivity contribution >= 4 is 11.8 Å². The summed E-state index contributed by atoms with van der Waals surface area (Å²) in [5, 5.41) is 15.6. The summed E-state index contributed by atoms with van der Waals surface area (Å²) in [7, 11) is 0. The maximum Gasteiger partial charge on any atom is 0.421 e. The van der Waals surface area contributed by atoms with Crippen LogP contribution in [0.4, 0.5) is 38.1 Å². The van der Waals surface area contributed by atoms with Crippen molar-refractivity contribution in [1.82, 2.24) is 15.0 Å². The highest BCUT2D eigenvalue weighted by Gasteiger charge is 2.61. The van der Waals surface area contributed by atoms with Crippen molar-refractivity contribution in [3.05, 3.63) is 41.3 Å². The van der Waals surface area contributed by atoms with E-state index in [-0.39, 0.29) is 11.5 Å². The van der Waals surface area contributed by atoms with Crippen LogP contribution < -0.4 is 10.6 Å². The van der Waals surface area contributed by atoms with Crippen molar-refractivity contribution in [2.75, 3.05) is 10.6 Å². The number of hydrogen-bond donors (Lipinski definition) is 3. The number of aliphatic hydroxyl groups excluding tert-OH is 1. The van der Waals surface area contributed by atoms with Crippen LogP contribution in [0.3, 0.4) is 0 Å². The molecule has 0 unspecified atom stereocenters. The van der Waals surface area contributed by atoms with E-state index < -0.39 is 58.8 Å². The highest BCUT2D eigenvalue weighted by Crippen LogP contribution is 2.55. The average Bonchev–Trinajstić information content (AvgIpc) is 2.68. The topological polar surface area (TPSA) is 83.0 Å². The Morgan fingerprint density at radius 1 is 0.969 bits per heavy atom. The van der Waals surface area contributed by atoms with Crippen molar-refractivity contribution < 1.29 is 31.4 Å². The van der Waals surface area contributed by atoms with E-state index in [9.17, 15) is 31.4 Å². The van der Waals surface area contributed by atoms with Gasteiger partial charge in [0.15, 0.2) is 0 Å². The fraction of sp³-hybridized carbons (Fsp3) is 0.550. The van der Waals surface area contributed by atoms with Gasteiger partial charge in [-0.1, -0.05) is 27.7 Å². The lowest BCUT2D eigenvalue weighted by atomic mass is 9.49. The minimum Gasteiger partial charge on any atom is -0.392 e. The Kier molecular flexibility index (Phi) is 5.82. The molecule has 0 bridgehead atoms. The minimum absolute atomic E-state index is 0.206. The van der Waals surface area contributed by atoms with E-state index in [4.69, 9.17) is 0 Å². The van der Waals surface area contributed by atoms with E-state index >= 15 is 0 Å². The number of aromatic nitrogens is 3. The predicted octanol–water partition coefficient (Wildman–Crippen LogP) is 4.73. The van der Waals surface area contributed by atoms with Crippen molar-refractivity contribution in [3.63, 3.8) is 0 Å². The van der Waals surface area contributed by atoms with Crippen LogP contribution in [-0.4, -0.2) is 32.2 Å². The summed E-state index contributed by atoms with van der Waals surface area (Å²) in [5.74, 6) is -0.803. The first-order valence-corrected chi connectivity index (χ1v) is 9.69. The van der Waals surface area contributed by atoms with Gasteiger partial charge in [-0.2, -0.15) is 31.3 Å². The van der Waals surface area contributed by atoms with Gasteiger partial charge in [-0.15, -0.1) is 0 Å². The Morgan fingerprint density at radius 2 is 1.56 bits per heavy atom. The third-order valence-corrected chi connectivity index (χ3v) is 5.92. The fourth-order valence-corrected chi connectivity index (χ4v) is 4.45. The summed E-state index contributed by atoms with van der Waals surface area (Å²) in [4.78, 5) is 11.2. The molecule has 0 radical (unpaired) electrons. The number of nitrogens with zero attached hydrogens (tertiary/aromatic N) is 3. The lowest BCUT2D eigenvalue weighted by Crippen LogP contribution is -2.70. The van der Waals surface area contributed by atoms with Crippen LogP contribution in [0.25, 0.3) is 0 Å². The van der Waals surface area contributed by atoms with Crippen LogP contribution in [0, 0.1) is 10.8 Å². The zero-order valence-corrected chi connectivity index (χ0v) is 17.7. The number of rotatable bonds is 5. The Balaban J connectivity index is 1.89. The Morgan fingerprint density at radius 3 is 2.12 bits per heavy atom. The molecule has 0 aromatic carbocycles. The van der Waals surface area contributed by atoms with Gasteiger partial charge in [-0.3, -0.25) is 4.98 Å². The monoisotopic (exact) mass is 463 g/mol. The van der Waals surface area contributed by atoms with Crippen LogP contribution >= 0.6 is 0 Å². The highest BCUT2D eigenvalue weighted by atomic mass is 19.4. The normalized spacial score (nSPS) is 22.2. The van der Waals surface area contributed by atoms with Crippen LogP contribution in [0.1, 0.15) is 44.4 Å². The summed E-state index contributed by atoms with van der Waals surface area (Å²) in [6, 6.07) is 0.257. The number of hydrogen-bond acceptors (Lipinski definition) is 6. The van der Waals surface area contributed by atoms with Crippen molar-refractivity contribution in [2.24, 2.45) is 10.8 Å². The van der Waals surface area contributed by atoms with Crippen molar-refractivity contribution in [3.8, 4) is 0 Å². The van der Waals surface area contributed by atoms with E-state index in [0.717, 1.165) is 18.5 Å². The molecule has 176 valence electrons. The van der Waals surface area contributed by atoms with Gasteiger partial charge < -0.3 is 15.7 Å². The first-order valence-electron chi connectivity index (χ1n) is 9.69. The molecular weight excluding hydrogens is 440 g/mol. The Hall–Kier alpha value is -2.63. The van der Waals surface area contributed by atoms with Crippen molar-refractivity contribution in [1.29, 1.82) is 0 Å². The molecule has 1 aliphatic rings. The lowest BCUT2D eigenvalue weighted by molar-refractivity contribution is -0.163. The SMILES string of the molecule is CC1(C)C(O)C(C)(C)C1Nc1nc(NCc2cnccc2C(F)(F)F)ncc1C(F)(F)F. The molecule has 0 aliphatic heterocycles. The standard InChI is InChI=1S/C20H23F6N5O/c1-17(2)14(18(3,4)15(17)32)30-13-12(20(24,25)26)9-29-16(31-13)28-8-10-7-27-6-5-11(10)19(21,22)23/h5-7,9,14-15,32H,8H2,1-4H3,(H2,28,29,30,31). The summed E-state index contributed by atoms with van der Waals surface area (Å²) in [5.41, 5.74) is -3.71. The molecule has 0 amide bonds. The number of nitrogens with one attached hydrogen (secondary N) is 2. The first-order chi connectivity index (χ1) is 14.6. The van der Waals surface area contributed by atoms with Gasteiger partial charge in [-0.05, 0) is 6.07 Å².